The van der Waals surface area contributed by atoms with Gasteiger partial charge in [-0.2, -0.15) is 0 Å². The maximum Gasteiger partial charge on any atom is 0.336 e. The number of nitrogens with one attached hydrogen (secondary N) is 1. The van der Waals surface area contributed by atoms with Crippen molar-refractivity contribution in [2.45, 2.75) is 49.8 Å². The molecule has 0 aromatic heterocycles. The van der Waals surface area contributed by atoms with Crippen LogP contribution in [0.2, 0.25) is 0 Å². The number of nitrogens with zero attached hydrogens (tertiary/aromatic N) is 1. The van der Waals surface area contributed by atoms with Gasteiger partial charge in [-0.3, -0.25) is 9.69 Å². The first-order valence-electron chi connectivity index (χ1n) is 14.3. The number of fused-ring (bicyclic) bond motifs is 1. The Kier molecular flexibility index (Phi) is 7.86. The zero-order valence-electron chi connectivity index (χ0n) is 24.1. The molecular weight excluding hydrogens is 532 g/mol. The molecule has 1 aliphatic carbocycles. The second kappa shape index (κ2) is 11.7. The fourth-order valence-corrected chi connectivity index (χ4v) is 7.26. The molecular formula is C34H36N2O6. The highest BCUT2D eigenvalue weighted by atomic mass is 16.7. The molecule has 1 fully saturated rings. The van der Waals surface area contributed by atoms with Crippen molar-refractivity contribution in [2.24, 2.45) is 5.92 Å². The van der Waals surface area contributed by atoms with Crippen LogP contribution in [0.5, 0.6) is 0 Å². The molecule has 3 aliphatic rings. The topological polar surface area (TPSA) is 86.3 Å². The minimum absolute atomic E-state index is 0.163. The third-order valence-electron chi connectivity index (χ3n) is 9.02. The van der Waals surface area contributed by atoms with Crippen molar-refractivity contribution in [1.29, 1.82) is 0 Å². The zero-order chi connectivity index (χ0) is 29.3. The number of esters is 2. The Morgan fingerprint density at radius 3 is 2.21 bits per heavy atom. The standard InChI is InChI=1S/C34H36N2O6/c1-39-32(38)29-24(33(40-2)41-3)18-28-34(25-16-10-11-17-26(25)35-30(29)34)19-27(36(28)20-22-12-6-4-7-13-22)31(37)42-21-23-14-8-5-9-15-23/h4-17,24,27-28,33,35H,18-21H2,1-3H3/t24-,27+,28+,34-/m1/s1. The lowest BCUT2D eigenvalue weighted by atomic mass is 9.64. The monoisotopic (exact) mass is 568 g/mol. The van der Waals surface area contributed by atoms with E-state index in [-0.39, 0.29) is 18.6 Å². The number of hydrogen-bond donors (Lipinski definition) is 1. The Morgan fingerprint density at radius 1 is 0.905 bits per heavy atom. The van der Waals surface area contributed by atoms with Crippen molar-refractivity contribution in [3.63, 3.8) is 0 Å². The number of methoxy groups -OCH3 is 3. The highest BCUT2D eigenvalue weighted by Gasteiger charge is 2.64. The Balaban J connectivity index is 1.49. The van der Waals surface area contributed by atoms with Crippen molar-refractivity contribution in [3.8, 4) is 0 Å². The molecule has 3 aromatic rings. The first-order valence-corrected chi connectivity index (χ1v) is 14.3. The molecule has 42 heavy (non-hydrogen) atoms. The van der Waals surface area contributed by atoms with Gasteiger partial charge in [-0.1, -0.05) is 78.9 Å². The molecule has 0 radical (unpaired) electrons. The molecule has 4 atom stereocenters. The SMILES string of the molecule is COC(=O)C1=C2Nc3ccccc3[C@@]23C[C@@H](C(=O)OCc2ccccc2)N(Cc2ccccc2)[C@H]3C[C@H]1C(OC)OC. The Hall–Kier alpha value is -3.98. The van der Waals surface area contributed by atoms with Gasteiger partial charge in [0.2, 0.25) is 0 Å². The van der Waals surface area contributed by atoms with Gasteiger partial charge in [0.1, 0.15) is 12.6 Å². The molecule has 8 nitrogen and oxygen atoms in total. The summed E-state index contributed by atoms with van der Waals surface area (Å²) >= 11 is 0. The molecule has 0 unspecified atom stereocenters. The largest absolute Gasteiger partial charge is 0.466 e. The van der Waals surface area contributed by atoms with Crippen LogP contribution in [0, 0.1) is 5.92 Å². The van der Waals surface area contributed by atoms with Crippen LogP contribution < -0.4 is 5.32 Å². The number of carbonyl (C=O) groups excluding carboxylic acids is 2. The number of likely N-dealkylation sites (tertiary alicyclic amines) is 1. The van der Waals surface area contributed by atoms with E-state index < -0.39 is 29.6 Å². The van der Waals surface area contributed by atoms with Crippen molar-refractivity contribution in [2.75, 3.05) is 26.6 Å². The highest BCUT2D eigenvalue weighted by molar-refractivity contribution is 5.94. The summed E-state index contributed by atoms with van der Waals surface area (Å²) in [5.41, 5.74) is 4.60. The van der Waals surface area contributed by atoms with Gasteiger partial charge >= 0.3 is 11.9 Å². The van der Waals surface area contributed by atoms with E-state index >= 15 is 0 Å². The van der Waals surface area contributed by atoms with Gasteiger partial charge in [0.15, 0.2) is 6.29 Å². The predicted octanol–water partition coefficient (Wildman–Crippen LogP) is 4.80. The summed E-state index contributed by atoms with van der Waals surface area (Å²) in [5.74, 6) is -1.15. The number of benzene rings is 3. The Labute approximate surface area is 246 Å². The fraction of sp³-hybridized carbons (Fsp3) is 0.353. The molecule has 2 aliphatic heterocycles. The lowest BCUT2D eigenvalue weighted by molar-refractivity contribution is -0.154. The molecule has 218 valence electrons. The third kappa shape index (κ3) is 4.69. The van der Waals surface area contributed by atoms with Crippen LogP contribution in [-0.2, 0) is 47.1 Å². The number of rotatable bonds is 9. The van der Waals surface area contributed by atoms with Crippen molar-refractivity contribution >= 4 is 17.6 Å². The van der Waals surface area contributed by atoms with Crippen molar-refractivity contribution in [3.05, 3.63) is 113 Å². The van der Waals surface area contributed by atoms with E-state index in [4.69, 9.17) is 18.9 Å². The molecule has 1 saturated heterocycles. The molecule has 2 heterocycles. The number of hydrogen-bond acceptors (Lipinski definition) is 8. The first kappa shape index (κ1) is 28.2. The lowest BCUT2D eigenvalue weighted by Crippen LogP contribution is -2.52. The van der Waals surface area contributed by atoms with Crippen LogP contribution in [0.3, 0.4) is 0 Å². The van der Waals surface area contributed by atoms with E-state index in [9.17, 15) is 9.59 Å². The summed E-state index contributed by atoms with van der Waals surface area (Å²) in [6.45, 7) is 0.731. The van der Waals surface area contributed by atoms with Crippen LogP contribution in [0.25, 0.3) is 0 Å². The maximum absolute atomic E-state index is 14.0. The maximum atomic E-state index is 14.0. The molecule has 0 saturated carbocycles. The lowest BCUT2D eigenvalue weighted by Gasteiger charge is -2.45. The quantitative estimate of drug-likeness (QED) is 0.291. The van der Waals surface area contributed by atoms with Crippen LogP contribution in [0.1, 0.15) is 29.5 Å². The molecule has 6 rings (SSSR count). The van der Waals surface area contributed by atoms with Crippen molar-refractivity contribution in [1.82, 2.24) is 4.90 Å². The average molecular weight is 569 g/mol. The summed E-state index contributed by atoms with van der Waals surface area (Å²) in [7, 11) is 4.54. The minimum Gasteiger partial charge on any atom is -0.466 e. The molecule has 1 spiro atoms. The molecule has 3 aromatic carbocycles. The van der Waals surface area contributed by atoms with E-state index in [1.807, 2.05) is 66.7 Å². The van der Waals surface area contributed by atoms with Gasteiger partial charge < -0.3 is 24.3 Å². The first-order chi connectivity index (χ1) is 20.5. The fourth-order valence-electron chi connectivity index (χ4n) is 7.26. The number of carbonyl (C=O) groups is 2. The predicted molar refractivity (Wildman–Crippen MR) is 157 cm³/mol. The molecule has 1 N–H and O–H groups in total. The van der Waals surface area contributed by atoms with Crippen molar-refractivity contribution < 1.29 is 28.5 Å². The summed E-state index contributed by atoms with van der Waals surface area (Å²) in [6.07, 6.45) is 0.291. The van der Waals surface area contributed by atoms with Gasteiger partial charge in [-0.05, 0) is 35.6 Å². The zero-order valence-corrected chi connectivity index (χ0v) is 24.1. The highest BCUT2D eigenvalue weighted by Crippen LogP contribution is 2.61. The van der Waals surface area contributed by atoms with E-state index in [1.165, 1.54) is 7.11 Å². The minimum atomic E-state index is -0.683. The van der Waals surface area contributed by atoms with Crippen LogP contribution in [0.15, 0.2) is 96.2 Å². The molecule has 8 heteroatoms. The molecule has 0 bridgehead atoms. The second-order valence-electron chi connectivity index (χ2n) is 11.1. The second-order valence-corrected chi connectivity index (χ2v) is 11.1. The van der Waals surface area contributed by atoms with E-state index in [1.54, 1.807) is 14.2 Å². The normalized spacial score (nSPS) is 24.5. The molecule has 0 amide bonds. The van der Waals surface area contributed by atoms with E-state index in [0.29, 0.717) is 25.0 Å². The van der Waals surface area contributed by atoms with Crippen LogP contribution in [0.4, 0.5) is 5.69 Å². The average Bonchev–Trinajstić information content (AvgIpc) is 3.54. The number of anilines is 1. The van der Waals surface area contributed by atoms with Gasteiger partial charge in [-0.25, -0.2) is 4.79 Å². The Morgan fingerprint density at radius 2 is 1.55 bits per heavy atom. The smallest absolute Gasteiger partial charge is 0.336 e. The van der Waals surface area contributed by atoms with E-state index in [0.717, 1.165) is 28.1 Å². The summed E-state index contributed by atoms with van der Waals surface area (Å²) < 4.78 is 22.8. The summed E-state index contributed by atoms with van der Waals surface area (Å²) in [5, 5.41) is 3.59. The van der Waals surface area contributed by atoms with Gasteiger partial charge in [-0.15, -0.1) is 0 Å². The van der Waals surface area contributed by atoms with Gasteiger partial charge in [0, 0.05) is 44.1 Å². The van der Waals surface area contributed by atoms with Gasteiger partial charge in [0.05, 0.1) is 18.1 Å². The summed E-state index contributed by atoms with van der Waals surface area (Å²) in [6, 6.07) is 27.2. The number of para-hydroxylation sites is 1. The Bertz CT molecular complexity index is 1470. The number of ether oxygens (including phenoxy) is 4. The summed E-state index contributed by atoms with van der Waals surface area (Å²) in [4.78, 5) is 29.8. The third-order valence-corrected chi connectivity index (χ3v) is 9.02. The van der Waals surface area contributed by atoms with Crippen LogP contribution in [-0.4, -0.2) is 56.5 Å². The van der Waals surface area contributed by atoms with Crippen LogP contribution >= 0.6 is 0 Å². The van der Waals surface area contributed by atoms with Gasteiger partial charge in [0.25, 0.3) is 0 Å². The van der Waals surface area contributed by atoms with E-state index in [2.05, 4.69) is 28.4 Å².